The Balaban J connectivity index is 1.89. The number of hydrogen-bond donors (Lipinski definition) is 0. The molecular weight excluding hydrogens is 330 g/mol. The smallest absolute Gasteiger partial charge is 0.256 e. The molecule has 2 aromatic rings. The summed E-state index contributed by atoms with van der Waals surface area (Å²) in [6, 6.07) is 1.77. The normalized spacial score (nSPS) is 19.6. The van der Waals surface area contributed by atoms with Crippen molar-refractivity contribution in [1.82, 2.24) is 15.0 Å². The summed E-state index contributed by atoms with van der Waals surface area (Å²) in [5.41, 5.74) is 0.709. The van der Waals surface area contributed by atoms with Crippen LogP contribution >= 0.6 is 27.3 Å². The summed E-state index contributed by atoms with van der Waals surface area (Å²) in [6.45, 7) is 0.736. The van der Waals surface area contributed by atoms with Gasteiger partial charge in [-0.1, -0.05) is 5.16 Å². The zero-order valence-electron chi connectivity index (χ0n) is 10.1. The van der Waals surface area contributed by atoms with Gasteiger partial charge in [0.1, 0.15) is 0 Å². The maximum absolute atomic E-state index is 12.6. The van der Waals surface area contributed by atoms with Gasteiger partial charge in [-0.2, -0.15) is 4.98 Å². The van der Waals surface area contributed by atoms with Gasteiger partial charge < -0.3 is 9.42 Å². The van der Waals surface area contributed by atoms with E-state index in [1.807, 2.05) is 16.3 Å². The van der Waals surface area contributed by atoms with Gasteiger partial charge in [0.2, 0.25) is 6.39 Å². The van der Waals surface area contributed by atoms with Gasteiger partial charge in [-0.3, -0.25) is 4.79 Å². The Bertz CT molecular complexity index is 569. The SMILES string of the molecule is O=C(c1ccsc1Br)N1CCCCC1c1ncon1. The maximum atomic E-state index is 12.6. The Hall–Kier alpha value is -1.21. The number of aromatic nitrogens is 2. The Morgan fingerprint density at radius 1 is 1.53 bits per heavy atom. The first-order valence-electron chi connectivity index (χ1n) is 6.07. The second-order valence-corrected chi connectivity index (χ2v) is 6.64. The van der Waals surface area contributed by atoms with Crippen molar-refractivity contribution in [3.8, 4) is 0 Å². The number of carbonyl (C=O) groups excluding carboxylic acids is 1. The zero-order valence-corrected chi connectivity index (χ0v) is 12.5. The lowest BCUT2D eigenvalue weighted by atomic mass is 10.0. The van der Waals surface area contributed by atoms with E-state index in [-0.39, 0.29) is 11.9 Å². The van der Waals surface area contributed by atoms with Crippen molar-refractivity contribution in [3.63, 3.8) is 0 Å². The summed E-state index contributed by atoms with van der Waals surface area (Å²) >= 11 is 4.94. The average molecular weight is 342 g/mol. The number of likely N-dealkylation sites (tertiary alicyclic amines) is 1. The molecule has 0 radical (unpaired) electrons. The van der Waals surface area contributed by atoms with Crippen molar-refractivity contribution in [2.24, 2.45) is 0 Å². The van der Waals surface area contributed by atoms with Crippen LogP contribution in [0.3, 0.4) is 0 Å². The van der Waals surface area contributed by atoms with Crippen molar-refractivity contribution >= 4 is 33.2 Å². The molecule has 2 aromatic heterocycles. The molecule has 1 unspecified atom stereocenters. The van der Waals surface area contributed by atoms with Crippen molar-refractivity contribution in [3.05, 3.63) is 33.0 Å². The lowest BCUT2D eigenvalue weighted by Crippen LogP contribution is -2.39. The monoisotopic (exact) mass is 341 g/mol. The molecule has 19 heavy (non-hydrogen) atoms. The summed E-state index contributed by atoms with van der Waals surface area (Å²) in [5, 5.41) is 5.79. The fourth-order valence-electron chi connectivity index (χ4n) is 2.37. The molecule has 100 valence electrons. The highest BCUT2D eigenvalue weighted by Gasteiger charge is 2.32. The van der Waals surface area contributed by atoms with Crippen LogP contribution in [0.15, 0.2) is 26.1 Å². The average Bonchev–Trinajstić information content (AvgIpc) is 3.09. The van der Waals surface area contributed by atoms with Crippen molar-refractivity contribution in [1.29, 1.82) is 0 Å². The lowest BCUT2D eigenvalue weighted by molar-refractivity contribution is 0.0596. The van der Waals surface area contributed by atoms with E-state index in [4.69, 9.17) is 4.52 Å². The Morgan fingerprint density at radius 3 is 3.11 bits per heavy atom. The van der Waals surface area contributed by atoms with Crippen LogP contribution in [0.5, 0.6) is 0 Å². The number of rotatable bonds is 2. The van der Waals surface area contributed by atoms with Crippen LogP contribution in [0.2, 0.25) is 0 Å². The fourth-order valence-corrected chi connectivity index (χ4v) is 3.60. The molecule has 0 N–H and O–H groups in total. The van der Waals surface area contributed by atoms with Crippen LogP contribution < -0.4 is 0 Å². The lowest BCUT2D eigenvalue weighted by Gasteiger charge is -2.33. The minimum atomic E-state index is -0.0770. The molecule has 3 heterocycles. The topological polar surface area (TPSA) is 59.2 Å². The molecule has 1 aliphatic rings. The molecular formula is C12H12BrN3O2S. The summed E-state index contributed by atoms with van der Waals surface area (Å²) < 4.78 is 5.67. The van der Waals surface area contributed by atoms with E-state index in [1.165, 1.54) is 17.7 Å². The minimum absolute atomic E-state index is 0.0302. The van der Waals surface area contributed by atoms with Crippen LogP contribution in [0, 0.1) is 0 Å². The number of nitrogens with zero attached hydrogens (tertiary/aromatic N) is 3. The molecule has 1 saturated heterocycles. The van der Waals surface area contributed by atoms with Crippen LogP contribution in [-0.2, 0) is 0 Å². The van der Waals surface area contributed by atoms with E-state index in [0.717, 1.165) is 29.6 Å². The molecule has 7 heteroatoms. The summed E-state index contributed by atoms with van der Waals surface area (Å²) in [4.78, 5) is 18.5. The van der Waals surface area contributed by atoms with Crippen molar-refractivity contribution in [2.75, 3.05) is 6.54 Å². The highest BCUT2D eigenvalue weighted by atomic mass is 79.9. The third-order valence-corrected chi connectivity index (χ3v) is 4.98. The third-order valence-electron chi connectivity index (χ3n) is 3.29. The van der Waals surface area contributed by atoms with Gasteiger partial charge >= 0.3 is 0 Å². The number of hydrogen-bond acceptors (Lipinski definition) is 5. The number of amides is 1. The van der Waals surface area contributed by atoms with Gasteiger partial charge in [-0.05, 0) is 46.6 Å². The number of halogens is 1. The van der Waals surface area contributed by atoms with Gasteiger partial charge in [-0.25, -0.2) is 0 Å². The molecule has 0 saturated carbocycles. The molecule has 5 nitrogen and oxygen atoms in total. The first kappa shape index (κ1) is 12.8. The molecule has 0 bridgehead atoms. The number of piperidine rings is 1. The zero-order chi connectivity index (χ0) is 13.2. The van der Waals surface area contributed by atoms with E-state index in [0.29, 0.717) is 11.4 Å². The summed E-state index contributed by atoms with van der Waals surface area (Å²) in [6.07, 6.45) is 4.29. The first-order valence-corrected chi connectivity index (χ1v) is 7.75. The van der Waals surface area contributed by atoms with E-state index >= 15 is 0 Å². The van der Waals surface area contributed by atoms with Gasteiger partial charge in [0.15, 0.2) is 5.82 Å². The van der Waals surface area contributed by atoms with Crippen LogP contribution in [-0.4, -0.2) is 27.5 Å². The second kappa shape index (κ2) is 5.42. The predicted molar refractivity (Wildman–Crippen MR) is 73.9 cm³/mol. The Kier molecular flexibility index (Phi) is 3.65. The molecule has 0 aliphatic carbocycles. The van der Waals surface area contributed by atoms with Gasteiger partial charge in [0.05, 0.1) is 15.4 Å². The van der Waals surface area contributed by atoms with E-state index < -0.39 is 0 Å². The van der Waals surface area contributed by atoms with Crippen LogP contribution in [0.25, 0.3) is 0 Å². The van der Waals surface area contributed by atoms with Crippen LogP contribution in [0.4, 0.5) is 0 Å². The minimum Gasteiger partial charge on any atom is -0.343 e. The summed E-state index contributed by atoms with van der Waals surface area (Å²) in [7, 11) is 0. The van der Waals surface area contributed by atoms with Crippen molar-refractivity contribution in [2.45, 2.75) is 25.3 Å². The van der Waals surface area contributed by atoms with E-state index in [2.05, 4.69) is 26.1 Å². The highest BCUT2D eigenvalue weighted by molar-refractivity contribution is 9.11. The van der Waals surface area contributed by atoms with E-state index in [1.54, 1.807) is 0 Å². The van der Waals surface area contributed by atoms with E-state index in [9.17, 15) is 4.79 Å². The van der Waals surface area contributed by atoms with Gasteiger partial charge in [-0.15, -0.1) is 11.3 Å². The van der Waals surface area contributed by atoms with Crippen LogP contribution in [0.1, 0.15) is 41.5 Å². The Morgan fingerprint density at radius 2 is 2.42 bits per heavy atom. The molecule has 0 aromatic carbocycles. The predicted octanol–water partition coefficient (Wildman–Crippen LogP) is 3.26. The molecule has 1 aliphatic heterocycles. The molecule has 1 atom stereocenters. The molecule has 1 fully saturated rings. The third kappa shape index (κ3) is 2.44. The number of thiophene rings is 1. The largest absolute Gasteiger partial charge is 0.343 e. The van der Waals surface area contributed by atoms with Gasteiger partial charge in [0, 0.05) is 6.54 Å². The Labute approximate surface area is 122 Å². The quantitative estimate of drug-likeness (QED) is 0.841. The fraction of sp³-hybridized carbons (Fsp3) is 0.417. The molecule has 0 spiro atoms. The van der Waals surface area contributed by atoms with Gasteiger partial charge in [0.25, 0.3) is 5.91 Å². The standard InChI is InChI=1S/C12H12BrN3O2S/c13-10-8(4-6-19-10)12(17)16-5-2-1-3-9(16)11-14-7-18-15-11/h4,6-7,9H,1-3,5H2. The first-order chi connectivity index (χ1) is 9.27. The second-order valence-electron chi connectivity index (χ2n) is 4.41. The molecule has 3 rings (SSSR count). The number of carbonyl (C=O) groups is 1. The highest BCUT2D eigenvalue weighted by Crippen LogP contribution is 2.32. The summed E-state index contributed by atoms with van der Waals surface area (Å²) in [5.74, 6) is 0.627. The molecule has 1 amide bonds. The van der Waals surface area contributed by atoms with Crippen molar-refractivity contribution < 1.29 is 9.32 Å². The maximum Gasteiger partial charge on any atom is 0.256 e.